The van der Waals surface area contributed by atoms with Crippen LogP contribution in [-0.2, 0) is 19.0 Å². The number of primary amides is 1. The molecule has 0 radical (unpaired) electrons. The molecule has 0 aromatic heterocycles. The van der Waals surface area contributed by atoms with Crippen molar-refractivity contribution in [2.45, 2.75) is 341 Å². The molecule has 0 aliphatic carbocycles. The summed E-state index contributed by atoms with van der Waals surface area (Å²) in [4.78, 5) is 44.2. The van der Waals surface area contributed by atoms with Crippen molar-refractivity contribution in [2.24, 2.45) is 70.8 Å². The second-order valence-electron chi connectivity index (χ2n) is 39.7. The van der Waals surface area contributed by atoms with E-state index >= 15 is 0 Å². The van der Waals surface area contributed by atoms with Gasteiger partial charge in [0.1, 0.15) is 12.7 Å². The fraction of sp³-hybridized carbons (Fsp3) is 0.968. The number of carbonyl (C=O) groups is 3. The van der Waals surface area contributed by atoms with Crippen molar-refractivity contribution in [3.63, 3.8) is 0 Å². The van der Waals surface area contributed by atoms with Gasteiger partial charge in [-0.15, -0.1) is 0 Å². The van der Waals surface area contributed by atoms with Crippen LogP contribution in [0.3, 0.4) is 0 Å². The maximum absolute atomic E-state index is 10.8. The van der Waals surface area contributed by atoms with Crippen LogP contribution in [0.2, 0.25) is 0 Å². The summed E-state index contributed by atoms with van der Waals surface area (Å²) in [7, 11) is 2.21. The molecule has 0 aromatic carbocycles. The average Bonchev–Trinajstić information content (AvgIpc) is 1.81. The van der Waals surface area contributed by atoms with Crippen molar-refractivity contribution in [1.29, 1.82) is 0 Å². The maximum atomic E-state index is 10.8. The number of amides is 3. The Labute approximate surface area is 716 Å². The van der Waals surface area contributed by atoms with Crippen molar-refractivity contribution >= 4 is 18.1 Å². The minimum absolute atomic E-state index is 0.0136. The molecule has 0 bridgehead atoms. The summed E-state index contributed by atoms with van der Waals surface area (Å²) in [6.45, 7) is 76.3. The van der Waals surface area contributed by atoms with Gasteiger partial charge in [0.05, 0.1) is 12.6 Å². The van der Waals surface area contributed by atoms with Crippen molar-refractivity contribution < 1.29 is 33.7 Å². The van der Waals surface area contributed by atoms with Crippen LogP contribution in [0.5, 0.6) is 0 Å². The molecule has 10 aliphatic heterocycles. The Morgan fingerprint density at radius 2 is 0.983 bits per heavy atom. The molecule has 0 unspecified atom stereocenters. The molecule has 0 saturated carbocycles. The molecule has 0 spiro atoms. The standard InChI is InChI=1S/C11H22N2O.C11H24N2.C10H20N2O2.C10H22N2.2C10H21NO.C9H18N2O2.C9H19N.C8H17N.C6H13N/c1-9(2)4-6-13-7-5-11(8-13)12-10(3)14;1-10(2)4-7-12-11-5-8-13(3)9-6-11;1-8(2)3-5-12-6-4-9(7-12)14-10(11)13;1-9(2)3-8-12-10-4-6-11-7-5-10;1-9(2)3-6-11-10-4-7-12-8-5-10;1-9(2)5-7-11-6-3-4-10(11)8-12;1-7(2)3-4-10-5-8-6-13-9(12)11-8;1-9(2)5-8-10-6-3-4-7-10;1-7(2)6-8-4-3-5-9-8;1-5(2)6-3-7-4-6/h9,11H,4-8H2,1-3H3,(H,12,14);10-12H,4-9H2,1-3H3;8-9H,3-7H2,1-2H3,(H2,11,13);9-12H,3-8H2,1-2H3;9-11H,3-8H2,1-2H3;9-10,12H,3-8H2,1-2H3;7-8,10H,3-6H2,1-2H3,(H,11,12);9H,3-8H2,1-2H3;7-9H,3-6H2,1-2H3;5-7H,3-4H2,1-2H3/t11-;;9-;;;10-;8-;;8-;/m1.1..10.1./s1. The van der Waals surface area contributed by atoms with Crippen LogP contribution in [0, 0.1) is 65.1 Å². The summed E-state index contributed by atoms with van der Waals surface area (Å²) < 4.78 is 15.0. The van der Waals surface area contributed by atoms with Crippen LogP contribution in [-0.4, -0.2) is 280 Å². The van der Waals surface area contributed by atoms with E-state index in [9.17, 15) is 14.4 Å². The van der Waals surface area contributed by atoms with Crippen LogP contribution >= 0.6 is 0 Å². The van der Waals surface area contributed by atoms with Crippen LogP contribution in [0.25, 0.3) is 0 Å². The third-order valence-electron chi connectivity index (χ3n) is 23.6. The number of piperidine rings is 2. The third-order valence-corrected chi connectivity index (χ3v) is 23.6. The zero-order valence-electron chi connectivity index (χ0n) is 80.0. The van der Waals surface area contributed by atoms with Gasteiger partial charge in [-0.1, -0.05) is 138 Å². The molecule has 0 aromatic rings. The zero-order valence-corrected chi connectivity index (χ0v) is 80.0. The molecule has 10 heterocycles. The number of aliphatic hydroxyl groups excluding tert-OH is 1. The normalized spacial score (nSPS) is 22.5. The van der Waals surface area contributed by atoms with Gasteiger partial charge in [0.25, 0.3) is 0 Å². The van der Waals surface area contributed by atoms with Crippen molar-refractivity contribution in [3.8, 4) is 0 Å². The number of carbonyl (C=O) groups excluding carboxylic acids is 3. The van der Waals surface area contributed by atoms with E-state index in [2.05, 4.69) is 218 Å². The number of rotatable bonds is 35. The van der Waals surface area contributed by atoms with Crippen molar-refractivity contribution in [3.05, 3.63) is 0 Å². The molecular formula is C94H197N15O7. The molecule has 22 nitrogen and oxygen atoms in total. The summed E-state index contributed by atoms with van der Waals surface area (Å²) in [6, 6.07) is 4.13. The van der Waals surface area contributed by atoms with E-state index in [0.29, 0.717) is 25.3 Å². The fourth-order valence-electron chi connectivity index (χ4n) is 15.2. The molecule has 5 atom stereocenters. The fourth-order valence-corrected chi connectivity index (χ4v) is 15.2. The Balaban J connectivity index is 0.000000647. The van der Waals surface area contributed by atoms with E-state index in [0.717, 1.165) is 161 Å². The molecule has 116 heavy (non-hydrogen) atoms. The molecule has 10 saturated heterocycles. The number of likely N-dealkylation sites (tertiary alicyclic amines) is 5. The topological polar surface area (TPSA) is 250 Å². The van der Waals surface area contributed by atoms with E-state index < -0.39 is 6.09 Å². The number of hydrogen-bond donors (Lipinski definition) is 11. The van der Waals surface area contributed by atoms with Crippen LogP contribution in [0.4, 0.5) is 9.59 Å². The van der Waals surface area contributed by atoms with Crippen LogP contribution in [0.1, 0.15) is 293 Å². The van der Waals surface area contributed by atoms with E-state index in [1.165, 1.54) is 240 Å². The SMILES string of the molecule is CC(=O)N[C@@H]1CCN(CCC(C)C)C1.CC(C)C1CNC1.CC(C)CCN1CCCC1.CC(C)CCN1CCC[C@@H]1CO.CC(C)CCN1CC[C@@H](OC(N)=O)C1.CC(C)CCNC1CCN(C)CC1.CC(C)CCNC1CCNCC1.CC(C)CCNC1CCOCC1.CC(C)CCNC[C@H]1COC(=O)N1.CC(C)C[C@H]1CCCN1. The van der Waals surface area contributed by atoms with Crippen molar-refractivity contribution in [2.75, 3.05) is 184 Å². The summed E-state index contributed by atoms with van der Waals surface area (Å²) in [5.74, 6) is 9.19. The molecule has 10 rings (SSSR count). The second-order valence-corrected chi connectivity index (χ2v) is 39.7. The highest BCUT2D eigenvalue weighted by Gasteiger charge is 2.28. The Morgan fingerprint density at radius 1 is 0.500 bits per heavy atom. The third kappa shape index (κ3) is 66.1. The number of cyclic esters (lactones) is 1. The lowest BCUT2D eigenvalue weighted by Gasteiger charge is -2.30. The Bertz CT molecular complexity index is 2170. The number of hydrogen-bond acceptors (Lipinski definition) is 19. The summed E-state index contributed by atoms with van der Waals surface area (Å²) in [6.07, 6.45) is 28.4. The van der Waals surface area contributed by atoms with Gasteiger partial charge in [0, 0.05) is 89.1 Å². The Morgan fingerprint density at radius 3 is 1.42 bits per heavy atom. The lowest BCUT2D eigenvalue weighted by atomic mass is 9.91. The van der Waals surface area contributed by atoms with Gasteiger partial charge in [-0.2, -0.15) is 0 Å². The smallest absolute Gasteiger partial charge is 0.407 e. The molecule has 3 amide bonds. The minimum Gasteiger partial charge on any atom is -0.447 e. The van der Waals surface area contributed by atoms with E-state index in [-0.39, 0.29) is 24.1 Å². The molecule has 10 fully saturated rings. The number of alkyl carbamates (subject to hydrolysis) is 1. The zero-order chi connectivity index (χ0) is 86.4. The lowest BCUT2D eigenvalue weighted by molar-refractivity contribution is -0.119. The molecular weight excluding hydrogens is 1450 g/mol. The van der Waals surface area contributed by atoms with Gasteiger partial charge >= 0.3 is 12.2 Å². The van der Waals surface area contributed by atoms with Crippen molar-refractivity contribution in [1.82, 2.24) is 72.4 Å². The van der Waals surface area contributed by atoms with Gasteiger partial charge < -0.3 is 87.6 Å². The monoisotopic (exact) mass is 1650 g/mol. The van der Waals surface area contributed by atoms with Gasteiger partial charge in [-0.25, -0.2) is 9.59 Å². The average molecular weight is 1650 g/mol. The lowest BCUT2D eigenvalue weighted by Crippen LogP contribution is -2.44. The summed E-state index contributed by atoms with van der Waals surface area (Å²) in [5, 5.41) is 39.0. The number of nitrogens with two attached hydrogens (primary N) is 1. The highest BCUT2D eigenvalue weighted by atomic mass is 16.6. The van der Waals surface area contributed by atoms with Gasteiger partial charge in [-0.3, -0.25) is 14.6 Å². The predicted octanol–water partition coefficient (Wildman–Crippen LogP) is 14.3. The van der Waals surface area contributed by atoms with E-state index in [1.54, 1.807) is 6.92 Å². The highest BCUT2D eigenvalue weighted by molar-refractivity contribution is 5.73. The molecule has 22 heteroatoms. The highest BCUT2D eigenvalue weighted by Crippen LogP contribution is 2.21. The molecule has 690 valence electrons. The summed E-state index contributed by atoms with van der Waals surface area (Å²) >= 11 is 0. The first kappa shape index (κ1) is 111. The number of aliphatic hydroxyl groups is 1. The largest absolute Gasteiger partial charge is 0.447 e. The number of ether oxygens (including phenoxy) is 3. The van der Waals surface area contributed by atoms with Gasteiger partial charge in [0.2, 0.25) is 5.91 Å². The Hall–Kier alpha value is -2.55. The molecule has 10 aliphatic rings. The van der Waals surface area contributed by atoms with Gasteiger partial charge in [-0.05, 0) is 338 Å². The Kier molecular flexibility index (Phi) is 68.0. The molecule has 12 N–H and O–H groups in total. The summed E-state index contributed by atoms with van der Waals surface area (Å²) in [5.41, 5.74) is 4.96. The van der Waals surface area contributed by atoms with Crippen LogP contribution in [0.15, 0.2) is 0 Å². The first-order chi connectivity index (χ1) is 55.2. The van der Waals surface area contributed by atoms with Crippen LogP contribution < -0.4 is 53.6 Å². The first-order valence-corrected chi connectivity index (χ1v) is 48.2. The predicted molar refractivity (Wildman–Crippen MR) is 494 cm³/mol. The van der Waals surface area contributed by atoms with Gasteiger partial charge in [0.15, 0.2) is 0 Å². The maximum Gasteiger partial charge on any atom is 0.407 e. The minimum atomic E-state index is -0.652. The first-order valence-electron chi connectivity index (χ1n) is 48.2. The number of nitrogens with one attached hydrogen (secondary N) is 9. The van der Waals surface area contributed by atoms with E-state index in [1.807, 2.05) is 0 Å². The van der Waals surface area contributed by atoms with E-state index in [4.69, 9.17) is 25.1 Å². The number of nitrogens with zero attached hydrogens (tertiary/aromatic N) is 5. The quantitative estimate of drug-likeness (QED) is 0.0264. The second kappa shape index (κ2) is 70.8.